The molecule has 1 amide bonds. The van der Waals surface area contributed by atoms with Crippen LogP contribution in [-0.2, 0) is 0 Å². The Morgan fingerprint density at radius 3 is 3.12 bits per heavy atom. The molecule has 1 saturated heterocycles. The van der Waals surface area contributed by atoms with Crippen molar-refractivity contribution in [3.63, 3.8) is 0 Å². The van der Waals surface area contributed by atoms with Crippen LogP contribution in [0.4, 0.5) is 0 Å². The average Bonchev–Trinajstić information content (AvgIpc) is 2.96. The summed E-state index contributed by atoms with van der Waals surface area (Å²) < 4.78 is 5.17. The fourth-order valence-electron chi connectivity index (χ4n) is 2.09. The molecule has 0 aliphatic carbocycles. The number of carbonyl (C=O) groups is 1. The molecular formula is C11H17ClN2O2S. The number of rotatable bonds is 3. The molecule has 1 atom stereocenters. The lowest BCUT2D eigenvalue weighted by Crippen LogP contribution is -2.39. The summed E-state index contributed by atoms with van der Waals surface area (Å²) in [5.74, 6) is 0.720. The van der Waals surface area contributed by atoms with Gasteiger partial charge in [-0.25, -0.2) is 0 Å². The van der Waals surface area contributed by atoms with Crippen LogP contribution in [0.25, 0.3) is 0 Å². The number of amides is 1. The summed E-state index contributed by atoms with van der Waals surface area (Å²) in [6.45, 7) is 1.35. The molecule has 96 valence electrons. The Bertz CT molecular complexity index is 383. The van der Waals surface area contributed by atoms with Crippen LogP contribution in [-0.4, -0.2) is 37.0 Å². The highest BCUT2D eigenvalue weighted by Gasteiger charge is 2.30. The van der Waals surface area contributed by atoms with Crippen LogP contribution in [0.5, 0.6) is 5.75 Å². The van der Waals surface area contributed by atoms with Gasteiger partial charge in [-0.15, -0.1) is 23.7 Å². The molecule has 0 spiro atoms. The minimum atomic E-state index is 0. The number of ether oxygens (including phenoxy) is 1. The van der Waals surface area contributed by atoms with Crippen LogP contribution in [0.2, 0.25) is 0 Å². The minimum Gasteiger partial charge on any atom is -0.495 e. The van der Waals surface area contributed by atoms with E-state index < -0.39 is 0 Å². The van der Waals surface area contributed by atoms with E-state index in [1.54, 1.807) is 7.11 Å². The number of hydrogen-bond acceptors (Lipinski definition) is 4. The van der Waals surface area contributed by atoms with Crippen molar-refractivity contribution in [1.82, 2.24) is 4.90 Å². The number of methoxy groups -OCH3 is 1. The molecule has 2 rings (SSSR count). The smallest absolute Gasteiger partial charge is 0.268 e. The van der Waals surface area contributed by atoms with E-state index in [-0.39, 0.29) is 24.4 Å². The highest BCUT2D eigenvalue weighted by molar-refractivity contribution is 7.12. The number of nitrogens with zero attached hydrogens (tertiary/aromatic N) is 1. The van der Waals surface area contributed by atoms with Crippen molar-refractivity contribution < 1.29 is 9.53 Å². The Labute approximate surface area is 111 Å². The Morgan fingerprint density at radius 1 is 1.71 bits per heavy atom. The van der Waals surface area contributed by atoms with Crippen LogP contribution in [0, 0.1) is 0 Å². The maximum atomic E-state index is 12.3. The number of nitrogens with two attached hydrogens (primary N) is 1. The third-order valence-corrected chi connectivity index (χ3v) is 3.84. The Morgan fingerprint density at radius 2 is 2.47 bits per heavy atom. The largest absolute Gasteiger partial charge is 0.495 e. The molecule has 4 nitrogen and oxygen atoms in total. The van der Waals surface area contributed by atoms with E-state index in [1.165, 1.54) is 11.3 Å². The maximum absolute atomic E-state index is 12.3. The summed E-state index contributed by atoms with van der Waals surface area (Å²) in [4.78, 5) is 14.8. The summed E-state index contributed by atoms with van der Waals surface area (Å²) in [5, 5.41) is 1.87. The molecule has 1 fully saturated rings. The average molecular weight is 277 g/mol. The first kappa shape index (κ1) is 14.3. The monoisotopic (exact) mass is 276 g/mol. The van der Waals surface area contributed by atoms with Gasteiger partial charge in [0, 0.05) is 19.1 Å². The van der Waals surface area contributed by atoms with E-state index in [1.807, 2.05) is 16.3 Å². The van der Waals surface area contributed by atoms with Gasteiger partial charge in [0.25, 0.3) is 5.91 Å². The summed E-state index contributed by atoms with van der Waals surface area (Å²) in [6, 6.07) is 2.02. The standard InChI is InChI=1S/C11H16N2O2S.ClH/c1-15-9-4-6-16-10(9)11(14)13-5-2-3-8(13)7-12;/h4,6,8H,2-3,5,7,12H2,1H3;1H. The van der Waals surface area contributed by atoms with Gasteiger partial charge in [0.1, 0.15) is 10.6 Å². The van der Waals surface area contributed by atoms with Gasteiger partial charge in [-0.1, -0.05) is 0 Å². The summed E-state index contributed by atoms with van der Waals surface area (Å²) >= 11 is 1.42. The van der Waals surface area contributed by atoms with Crippen LogP contribution in [0.15, 0.2) is 11.4 Å². The normalized spacial score (nSPS) is 18.9. The summed E-state index contributed by atoms with van der Waals surface area (Å²) in [5.41, 5.74) is 5.66. The Balaban J connectivity index is 0.00000144. The summed E-state index contributed by atoms with van der Waals surface area (Å²) in [6.07, 6.45) is 2.05. The topological polar surface area (TPSA) is 55.6 Å². The second-order valence-electron chi connectivity index (χ2n) is 3.85. The quantitative estimate of drug-likeness (QED) is 0.915. The predicted molar refractivity (Wildman–Crippen MR) is 71.2 cm³/mol. The lowest BCUT2D eigenvalue weighted by atomic mass is 10.2. The van der Waals surface area contributed by atoms with Gasteiger partial charge in [0.2, 0.25) is 0 Å². The van der Waals surface area contributed by atoms with Crippen LogP contribution >= 0.6 is 23.7 Å². The zero-order valence-electron chi connectivity index (χ0n) is 9.72. The fraction of sp³-hybridized carbons (Fsp3) is 0.545. The Kier molecular flexibility index (Phi) is 5.24. The van der Waals surface area contributed by atoms with E-state index in [0.717, 1.165) is 19.4 Å². The first-order valence-corrected chi connectivity index (χ1v) is 6.28. The molecular weight excluding hydrogens is 260 g/mol. The highest BCUT2D eigenvalue weighted by Crippen LogP contribution is 2.28. The summed E-state index contributed by atoms with van der Waals surface area (Å²) in [7, 11) is 1.59. The number of carbonyl (C=O) groups excluding carboxylic acids is 1. The van der Waals surface area contributed by atoms with Gasteiger partial charge in [-0.05, 0) is 24.3 Å². The number of thiophene rings is 1. The van der Waals surface area contributed by atoms with Crippen LogP contribution in [0.1, 0.15) is 22.5 Å². The first-order valence-electron chi connectivity index (χ1n) is 5.40. The van der Waals surface area contributed by atoms with E-state index in [9.17, 15) is 4.79 Å². The fourth-order valence-corrected chi connectivity index (χ4v) is 2.91. The van der Waals surface area contributed by atoms with Crippen molar-refractivity contribution in [1.29, 1.82) is 0 Å². The highest BCUT2D eigenvalue weighted by atomic mass is 35.5. The molecule has 1 unspecified atom stereocenters. The van der Waals surface area contributed by atoms with Crippen molar-refractivity contribution in [3.8, 4) is 5.75 Å². The molecule has 1 aliphatic rings. The zero-order valence-corrected chi connectivity index (χ0v) is 11.4. The van der Waals surface area contributed by atoms with Gasteiger partial charge in [-0.2, -0.15) is 0 Å². The number of likely N-dealkylation sites (tertiary alicyclic amines) is 1. The van der Waals surface area contributed by atoms with Crippen LogP contribution < -0.4 is 10.5 Å². The Hall–Kier alpha value is -0.780. The molecule has 1 aromatic rings. The molecule has 2 N–H and O–H groups in total. The van der Waals surface area contributed by atoms with E-state index in [2.05, 4.69) is 0 Å². The van der Waals surface area contributed by atoms with Crippen molar-refractivity contribution in [2.24, 2.45) is 5.73 Å². The molecule has 0 saturated carbocycles. The van der Waals surface area contributed by atoms with E-state index in [0.29, 0.717) is 17.2 Å². The molecule has 0 aromatic carbocycles. The van der Waals surface area contributed by atoms with Gasteiger partial charge in [0.15, 0.2) is 0 Å². The second kappa shape index (κ2) is 6.23. The molecule has 17 heavy (non-hydrogen) atoms. The molecule has 0 bridgehead atoms. The minimum absolute atomic E-state index is 0. The molecule has 1 aliphatic heterocycles. The van der Waals surface area contributed by atoms with Crippen molar-refractivity contribution >= 4 is 29.7 Å². The SMILES string of the molecule is COc1ccsc1C(=O)N1CCCC1CN.Cl. The third-order valence-electron chi connectivity index (χ3n) is 2.95. The molecule has 0 radical (unpaired) electrons. The third kappa shape index (κ3) is 2.73. The van der Waals surface area contributed by atoms with Gasteiger partial charge < -0.3 is 15.4 Å². The first-order chi connectivity index (χ1) is 7.77. The maximum Gasteiger partial charge on any atom is 0.268 e. The van der Waals surface area contributed by atoms with Crippen molar-refractivity contribution in [3.05, 3.63) is 16.3 Å². The van der Waals surface area contributed by atoms with Gasteiger partial charge >= 0.3 is 0 Å². The number of halogens is 1. The van der Waals surface area contributed by atoms with Gasteiger partial charge in [-0.3, -0.25) is 4.79 Å². The molecule has 1 aromatic heterocycles. The van der Waals surface area contributed by atoms with Gasteiger partial charge in [0.05, 0.1) is 7.11 Å². The van der Waals surface area contributed by atoms with Crippen LogP contribution in [0.3, 0.4) is 0 Å². The lowest BCUT2D eigenvalue weighted by molar-refractivity contribution is 0.0743. The van der Waals surface area contributed by atoms with E-state index in [4.69, 9.17) is 10.5 Å². The molecule has 6 heteroatoms. The second-order valence-corrected chi connectivity index (χ2v) is 4.76. The lowest BCUT2D eigenvalue weighted by Gasteiger charge is -2.23. The van der Waals surface area contributed by atoms with Crippen molar-refractivity contribution in [2.45, 2.75) is 18.9 Å². The molecule has 2 heterocycles. The zero-order chi connectivity index (χ0) is 11.5. The van der Waals surface area contributed by atoms with E-state index >= 15 is 0 Å². The van der Waals surface area contributed by atoms with Crippen molar-refractivity contribution in [2.75, 3.05) is 20.2 Å². The number of hydrogen-bond donors (Lipinski definition) is 1. The predicted octanol–water partition coefficient (Wildman–Crippen LogP) is 1.74.